The molecule has 1 N–H and O–H groups in total. The van der Waals surface area contributed by atoms with Gasteiger partial charge in [0.2, 0.25) is 0 Å². The van der Waals surface area contributed by atoms with E-state index < -0.39 is 17.3 Å². The van der Waals surface area contributed by atoms with Gasteiger partial charge in [-0.05, 0) is 74.4 Å². The third kappa shape index (κ3) is 7.75. The molecule has 0 unspecified atom stereocenters. The zero-order valence-corrected chi connectivity index (χ0v) is 25.7. The van der Waals surface area contributed by atoms with Crippen LogP contribution < -0.4 is 20.3 Å². The second-order valence-corrected chi connectivity index (χ2v) is 10.5. The molecular weight excluding hydrogens is 609 g/mol. The number of carbonyl (C=O) groups excluding carboxylic acids is 1. The average molecular weight is 641 g/mol. The van der Waals surface area contributed by atoms with Gasteiger partial charge in [0.05, 0.1) is 29.3 Å². The lowest BCUT2D eigenvalue weighted by Crippen LogP contribution is -2.21. The highest BCUT2D eigenvalue weighted by atomic mass is 19.4. The second kappa shape index (κ2) is 14.2. The number of para-hydroxylation sites is 1. The van der Waals surface area contributed by atoms with Gasteiger partial charge in [-0.25, -0.2) is 4.98 Å². The van der Waals surface area contributed by atoms with Crippen LogP contribution in [0.1, 0.15) is 29.2 Å². The lowest BCUT2D eigenvalue weighted by molar-refractivity contribution is -0.137. The molecule has 4 aromatic carbocycles. The van der Waals surface area contributed by atoms with E-state index in [1.54, 1.807) is 61.5 Å². The van der Waals surface area contributed by atoms with Crippen LogP contribution in [0.2, 0.25) is 0 Å². The predicted octanol–water partition coefficient (Wildman–Crippen LogP) is 7.42. The first-order valence-corrected chi connectivity index (χ1v) is 14.7. The number of fused-ring (bicyclic) bond motifs is 1. The molecule has 0 atom stereocenters. The number of nitrogens with one attached hydrogen (secondary N) is 1. The van der Waals surface area contributed by atoms with Crippen LogP contribution in [0.3, 0.4) is 0 Å². The summed E-state index contributed by atoms with van der Waals surface area (Å²) < 4.78 is 53.5. The Morgan fingerprint density at radius 1 is 1.02 bits per heavy atom. The van der Waals surface area contributed by atoms with Crippen molar-refractivity contribution in [2.75, 3.05) is 18.5 Å². The monoisotopic (exact) mass is 640 g/mol. The van der Waals surface area contributed by atoms with Crippen LogP contribution in [0, 0.1) is 6.92 Å². The fraction of sp³-hybridized carbons (Fsp3) is 0.167. The van der Waals surface area contributed by atoms with Crippen LogP contribution in [0.5, 0.6) is 11.5 Å². The van der Waals surface area contributed by atoms with Crippen molar-refractivity contribution in [2.24, 2.45) is 5.10 Å². The lowest BCUT2D eigenvalue weighted by Gasteiger charge is -2.17. The Hall–Kier alpha value is -5.71. The summed E-state index contributed by atoms with van der Waals surface area (Å²) in [5.41, 5.74) is 1.77. The maximum Gasteiger partial charge on any atom is 0.416 e. The van der Waals surface area contributed by atoms with E-state index in [9.17, 15) is 22.8 Å². The van der Waals surface area contributed by atoms with Crippen LogP contribution in [-0.2, 0) is 17.4 Å². The molecule has 0 aliphatic heterocycles. The average Bonchev–Trinajstić information content (AvgIpc) is 3.05. The Balaban J connectivity index is 1.52. The van der Waals surface area contributed by atoms with Crippen molar-refractivity contribution in [3.8, 4) is 22.9 Å². The molecule has 5 aromatic rings. The van der Waals surface area contributed by atoms with Gasteiger partial charge in [0.1, 0.15) is 0 Å². The fourth-order valence-corrected chi connectivity index (χ4v) is 4.84. The van der Waals surface area contributed by atoms with E-state index in [-0.39, 0.29) is 35.9 Å². The molecule has 1 amide bonds. The normalized spacial score (nSPS) is 11.5. The molecule has 0 saturated carbocycles. The molecule has 11 heteroatoms. The molecule has 8 nitrogen and oxygen atoms in total. The van der Waals surface area contributed by atoms with Crippen molar-refractivity contribution in [1.29, 1.82) is 0 Å². The summed E-state index contributed by atoms with van der Waals surface area (Å²) in [6.45, 7) is 7.56. The van der Waals surface area contributed by atoms with E-state index in [0.717, 1.165) is 22.4 Å². The number of alkyl halides is 3. The number of carbonyl (C=O) groups is 1. The van der Waals surface area contributed by atoms with E-state index in [1.165, 1.54) is 18.3 Å². The molecular formula is C36H31F3N4O4. The molecule has 0 aliphatic rings. The summed E-state index contributed by atoms with van der Waals surface area (Å²) in [5.74, 6) is 0.249. The van der Waals surface area contributed by atoms with E-state index >= 15 is 0 Å². The van der Waals surface area contributed by atoms with Crippen LogP contribution >= 0.6 is 0 Å². The number of allylic oxidation sites excluding steroid dienone is 1. The van der Waals surface area contributed by atoms with Gasteiger partial charge in [-0.15, -0.1) is 6.58 Å². The molecule has 0 radical (unpaired) electrons. The van der Waals surface area contributed by atoms with E-state index in [1.807, 2.05) is 19.1 Å². The number of hydrogen-bond donors (Lipinski definition) is 1. The van der Waals surface area contributed by atoms with Crippen molar-refractivity contribution < 1.29 is 27.4 Å². The number of nitrogens with zero attached hydrogens (tertiary/aromatic N) is 3. The minimum absolute atomic E-state index is 0.0630. The van der Waals surface area contributed by atoms with Crippen molar-refractivity contribution in [2.45, 2.75) is 26.4 Å². The molecule has 1 heterocycles. The second-order valence-electron chi connectivity index (χ2n) is 10.5. The molecule has 1 aromatic heterocycles. The van der Waals surface area contributed by atoms with Gasteiger partial charge in [0, 0.05) is 16.8 Å². The quantitative estimate of drug-likeness (QED) is 0.120. The number of halogens is 3. The Morgan fingerprint density at radius 2 is 1.79 bits per heavy atom. The Kier molecular flexibility index (Phi) is 9.84. The minimum atomic E-state index is -4.59. The van der Waals surface area contributed by atoms with Gasteiger partial charge < -0.3 is 14.8 Å². The molecule has 0 fully saturated rings. The minimum Gasteiger partial charge on any atom is -0.490 e. The van der Waals surface area contributed by atoms with E-state index in [2.05, 4.69) is 22.0 Å². The lowest BCUT2D eigenvalue weighted by atomic mass is 10.1. The number of aromatic nitrogens is 2. The molecule has 5 rings (SSSR count). The highest BCUT2D eigenvalue weighted by molar-refractivity contribution is 5.92. The Labute approximate surface area is 268 Å². The van der Waals surface area contributed by atoms with Gasteiger partial charge in [-0.1, -0.05) is 48.0 Å². The number of ether oxygens (including phenoxy) is 2. The maximum absolute atomic E-state index is 13.6. The summed E-state index contributed by atoms with van der Waals surface area (Å²) in [4.78, 5) is 30.8. The van der Waals surface area contributed by atoms with Crippen LogP contribution in [0.25, 0.3) is 22.3 Å². The topological polar surface area (TPSA) is 94.8 Å². The standard InChI is InChI=1S/C36H31F3N4O4/c1-4-9-25-18-24(19-31(46-5-2)33(25)47-22-32(44)41-28-16-14-23(3)15-17-28)21-40-43-34(26-10-8-11-27(20-26)36(37,38)39)42-30-13-7-6-12-29(30)35(43)45/h4,6-8,10-21H,1,5,9,22H2,2-3H3,(H,41,44). The third-order valence-electron chi connectivity index (χ3n) is 7.03. The van der Waals surface area contributed by atoms with Crippen molar-refractivity contribution in [3.05, 3.63) is 130 Å². The summed E-state index contributed by atoms with van der Waals surface area (Å²) in [5, 5.41) is 7.44. The molecule has 0 aliphatic carbocycles. The van der Waals surface area contributed by atoms with Gasteiger partial charge in [0.15, 0.2) is 23.9 Å². The zero-order valence-electron chi connectivity index (χ0n) is 25.7. The first-order chi connectivity index (χ1) is 22.6. The van der Waals surface area contributed by atoms with Crippen LogP contribution in [0.4, 0.5) is 18.9 Å². The first kappa shape index (κ1) is 32.7. The third-order valence-corrected chi connectivity index (χ3v) is 7.03. The first-order valence-electron chi connectivity index (χ1n) is 14.7. The van der Waals surface area contributed by atoms with Crippen LogP contribution in [-0.4, -0.2) is 35.0 Å². The Bertz CT molecular complexity index is 2020. The number of benzene rings is 4. The number of amides is 1. The van der Waals surface area contributed by atoms with Gasteiger partial charge in [-0.3, -0.25) is 9.59 Å². The van der Waals surface area contributed by atoms with Gasteiger partial charge in [-0.2, -0.15) is 22.9 Å². The number of hydrogen-bond acceptors (Lipinski definition) is 6. The van der Waals surface area contributed by atoms with Crippen LogP contribution in [0.15, 0.2) is 107 Å². The van der Waals surface area contributed by atoms with Crippen molar-refractivity contribution >= 4 is 28.7 Å². The number of rotatable bonds is 11. The Morgan fingerprint density at radius 3 is 2.51 bits per heavy atom. The van der Waals surface area contributed by atoms with E-state index in [0.29, 0.717) is 40.3 Å². The SMILES string of the molecule is C=CCc1cc(C=Nn2c(-c3cccc(C(F)(F)F)c3)nc3ccccc3c2=O)cc(OCC)c1OCC(=O)Nc1ccc(C)cc1. The summed E-state index contributed by atoms with van der Waals surface area (Å²) >= 11 is 0. The molecule has 0 saturated heterocycles. The largest absolute Gasteiger partial charge is 0.490 e. The highest BCUT2D eigenvalue weighted by Gasteiger charge is 2.31. The summed E-state index contributed by atoms with van der Waals surface area (Å²) in [6.07, 6.45) is -1.19. The molecule has 0 spiro atoms. The highest BCUT2D eigenvalue weighted by Crippen LogP contribution is 2.34. The summed E-state index contributed by atoms with van der Waals surface area (Å²) in [6, 6.07) is 21.8. The maximum atomic E-state index is 13.6. The van der Waals surface area contributed by atoms with Crippen molar-refractivity contribution in [3.63, 3.8) is 0 Å². The smallest absolute Gasteiger partial charge is 0.416 e. The zero-order chi connectivity index (χ0) is 33.6. The molecule has 0 bridgehead atoms. The van der Waals surface area contributed by atoms with Gasteiger partial charge >= 0.3 is 6.18 Å². The van der Waals surface area contributed by atoms with Crippen molar-refractivity contribution in [1.82, 2.24) is 9.66 Å². The predicted molar refractivity (Wildman–Crippen MR) is 176 cm³/mol. The number of aryl methyl sites for hydroxylation is 1. The van der Waals surface area contributed by atoms with E-state index in [4.69, 9.17) is 9.47 Å². The molecule has 47 heavy (non-hydrogen) atoms. The fourth-order valence-electron chi connectivity index (χ4n) is 4.84. The number of anilines is 1. The summed E-state index contributed by atoms with van der Waals surface area (Å²) in [7, 11) is 0. The van der Waals surface area contributed by atoms with Gasteiger partial charge in [0.25, 0.3) is 11.5 Å². The molecule has 240 valence electrons.